The van der Waals surface area contributed by atoms with E-state index in [-0.39, 0.29) is 5.92 Å². The maximum Gasteiger partial charge on any atom is 0.225 e. The molecular weight excluding hydrogens is 224 g/mol. The fourth-order valence-electron chi connectivity index (χ4n) is 3.63. The summed E-state index contributed by atoms with van der Waals surface area (Å²) < 4.78 is 0. The van der Waals surface area contributed by atoms with Gasteiger partial charge in [0.2, 0.25) is 5.91 Å². The van der Waals surface area contributed by atoms with E-state index in [2.05, 4.69) is 0 Å². The van der Waals surface area contributed by atoms with Crippen molar-refractivity contribution in [1.29, 1.82) is 0 Å². The first-order valence-electron chi connectivity index (χ1n) is 7.65. The number of hydrogen-bond acceptors (Lipinski definition) is 2. The Morgan fingerprint density at radius 1 is 1.06 bits per heavy atom. The van der Waals surface area contributed by atoms with E-state index in [1.54, 1.807) is 0 Å². The molecule has 2 fully saturated rings. The zero-order chi connectivity index (χ0) is 13.0. The first kappa shape index (κ1) is 13.9. The molecule has 0 aromatic heterocycles. The highest BCUT2D eigenvalue weighted by Crippen LogP contribution is 2.30. The largest absolute Gasteiger partial charge is 0.345 e. The van der Waals surface area contributed by atoms with E-state index in [0.29, 0.717) is 11.8 Å². The predicted molar refractivity (Wildman–Crippen MR) is 74.1 cm³/mol. The maximum atomic E-state index is 12.4. The molecule has 2 aliphatic carbocycles. The van der Waals surface area contributed by atoms with Crippen LogP contribution in [-0.2, 0) is 4.79 Å². The number of nitrogens with two attached hydrogens (primary N) is 1. The maximum absolute atomic E-state index is 12.4. The molecule has 0 aromatic carbocycles. The van der Waals surface area contributed by atoms with Crippen molar-refractivity contribution in [3.8, 4) is 0 Å². The highest BCUT2D eigenvalue weighted by atomic mass is 16.2. The number of carbonyl (C=O) groups excluding carboxylic acids is 1. The van der Waals surface area contributed by atoms with E-state index < -0.39 is 0 Å². The third kappa shape index (κ3) is 3.47. The number of carbonyl (C=O) groups is 1. The van der Waals surface area contributed by atoms with E-state index in [9.17, 15) is 4.79 Å². The molecule has 1 amide bonds. The standard InChI is InChI=1S/C15H28N2O/c1-17(11-13-4-2-3-5-13)15(18)14-8-6-12(10-16)7-9-14/h12-14H,2-11,16H2,1H3. The van der Waals surface area contributed by atoms with Crippen molar-refractivity contribution >= 4 is 5.91 Å². The monoisotopic (exact) mass is 252 g/mol. The van der Waals surface area contributed by atoms with Crippen molar-refractivity contribution in [2.45, 2.75) is 51.4 Å². The van der Waals surface area contributed by atoms with Crippen molar-refractivity contribution in [3.63, 3.8) is 0 Å². The zero-order valence-corrected chi connectivity index (χ0v) is 11.7. The van der Waals surface area contributed by atoms with Gasteiger partial charge < -0.3 is 10.6 Å². The van der Waals surface area contributed by atoms with E-state index in [0.717, 1.165) is 44.7 Å². The molecule has 0 atom stereocenters. The molecule has 2 N–H and O–H groups in total. The van der Waals surface area contributed by atoms with Crippen LogP contribution in [0.2, 0.25) is 0 Å². The van der Waals surface area contributed by atoms with Gasteiger partial charge in [0.15, 0.2) is 0 Å². The van der Waals surface area contributed by atoms with Gasteiger partial charge in [-0.1, -0.05) is 12.8 Å². The van der Waals surface area contributed by atoms with E-state index in [1.807, 2.05) is 11.9 Å². The Labute approximate surface area is 111 Å². The van der Waals surface area contributed by atoms with Crippen LogP contribution in [-0.4, -0.2) is 30.9 Å². The van der Waals surface area contributed by atoms with E-state index >= 15 is 0 Å². The summed E-state index contributed by atoms with van der Waals surface area (Å²) in [4.78, 5) is 14.4. The number of hydrogen-bond donors (Lipinski definition) is 1. The smallest absolute Gasteiger partial charge is 0.225 e. The van der Waals surface area contributed by atoms with Crippen molar-refractivity contribution in [2.75, 3.05) is 20.1 Å². The molecule has 18 heavy (non-hydrogen) atoms. The molecule has 0 radical (unpaired) electrons. The van der Waals surface area contributed by atoms with Gasteiger partial charge >= 0.3 is 0 Å². The molecule has 3 heteroatoms. The highest BCUT2D eigenvalue weighted by Gasteiger charge is 2.28. The van der Waals surface area contributed by atoms with Crippen LogP contribution in [0.25, 0.3) is 0 Å². The summed E-state index contributed by atoms with van der Waals surface area (Å²) in [6, 6.07) is 0. The molecule has 2 aliphatic rings. The second-order valence-electron chi connectivity index (χ2n) is 6.32. The summed E-state index contributed by atoms with van der Waals surface area (Å²) in [5, 5.41) is 0. The Kier molecular flexibility index (Phi) is 5.04. The normalized spacial score (nSPS) is 29.4. The van der Waals surface area contributed by atoms with Gasteiger partial charge in [0.1, 0.15) is 0 Å². The molecule has 104 valence electrons. The van der Waals surface area contributed by atoms with E-state index in [4.69, 9.17) is 5.73 Å². The lowest BCUT2D eigenvalue weighted by atomic mass is 9.81. The second kappa shape index (κ2) is 6.55. The minimum Gasteiger partial charge on any atom is -0.345 e. The molecule has 0 saturated heterocycles. The molecule has 0 spiro atoms. The van der Waals surface area contributed by atoms with E-state index in [1.165, 1.54) is 25.7 Å². The lowest BCUT2D eigenvalue weighted by molar-refractivity contribution is -0.136. The molecule has 0 bridgehead atoms. The number of nitrogens with zero attached hydrogens (tertiary/aromatic N) is 1. The SMILES string of the molecule is CN(CC1CCCC1)C(=O)C1CCC(CN)CC1. The summed E-state index contributed by atoms with van der Waals surface area (Å²) in [5.74, 6) is 2.09. The minimum atomic E-state index is 0.277. The van der Waals surface area contributed by atoms with Crippen molar-refractivity contribution in [2.24, 2.45) is 23.5 Å². The van der Waals surface area contributed by atoms with Gasteiger partial charge in [-0.2, -0.15) is 0 Å². The van der Waals surface area contributed by atoms with Crippen LogP contribution in [0.5, 0.6) is 0 Å². The first-order chi connectivity index (χ1) is 8.70. The predicted octanol–water partition coefficient (Wildman–Crippen LogP) is 2.40. The van der Waals surface area contributed by atoms with Crippen LogP contribution in [0.15, 0.2) is 0 Å². The fourth-order valence-corrected chi connectivity index (χ4v) is 3.63. The fraction of sp³-hybridized carbons (Fsp3) is 0.933. The third-order valence-electron chi connectivity index (χ3n) is 4.91. The van der Waals surface area contributed by atoms with Crippen molar-refractivity contribution in [1.82, 2.24) is 4.90 Å². The van der Waals surface area contributed by atoms with Gasteiger partial charge in [-0.15, -0.1) is 0 Å². The quantitative estimate of drug-likeness (QED) is 0.835. The first-order valence-corrected chi connectivity index (χ1v) is 7.65. The van der Waals surface area contributed by atoms with Gasteiger partial charge in [-0.05, 0) is 56.9 Å². The lowest BCUT2D eigenvalue weighted by Crippen LogP contribution is -2.38. The summed E-state index contributed by atoms with van der Waals surface area (Å²) in [7, 11) is 2.00. The number of amides is 1. The van der Waals surface area contributed by atoms with Gasteiger partial charge in [-0.3, -0.25) is 4.79 Å². The Hall–Kier alpha value is -0.570. The Morgan fingerprint density at radius 2 is 1.67 bits per heavy atom. The van der Waals surface area contributed by atoms with Gasteiger partial charge in [0.25, 0.3) is 0 Å². The van der Waals surface area contributed by atoms with Gasteiger partial charge in [-0.25, -0.2) is 0 Å². The molecule has 0 unspecified atom stereocenters. The average Bonchev–Trinajstić information content (AvgIpc) is 2.91. The van der Waals surface area contributed by atoms with Gasteiger partial charge in [0, 0.05) is 19.5 Å². The summed E-state index contributed by atoms with van der Waals surface area (Å²) in [5.41, 5.74) is 5.70. The number of rotatable bonds is 4. The Balaban J connectivity index is 1.76. The Bertz CT molecular complexity index is 266. The molecule has 2 saturated carbocycles. The molecule has 0 aromatic rings. The molecule has 3 nitrogen and oxygen atoms in total. The van der Waals surface area contributed by atoms with Crippen LogP contribution in [0.4, 0.5) is 0 Å². The second-order valence-corrected chi connectivity index (χ2v) is 6.32. The van der Waals surface area contributed by atoms with Gasteiger partial charge in [0.05, 0.1) is 0 Å². The topological polar surface area (TPSA) is 46.3 Å². The average molecular weight is 252 g/mol. The molecule has 0 heterocycles. The summed E-state index contributed by atoms with van der Waals surface area (Å²) >= 11 is 0. The minimum absolute atomic E-state index is 0.277. The van der Waals surface area contributed by atoms with Crippen LogP contribution in [0.3, 0.4) is 0 Å². The molecular formula is C15H28N2O. The van der Waals surface area contributed by atoms with Crippen LogP contribution in [0.1, 0.15) is 51.4 Å². The summed E-state index contributed by atoms with van der Waals surface area (Å²) in [6.07, 6.45) is 9.73. The van der Waals surface area contributed by atoms with Crippen LogP contribution in [0, 0.1) is 17.8 Å². The van der Waals surface area contributed by atoms with Crippen LogP contribution < -0.4 is 5.73 Å². The van der Waals surface area contributed by atoms with Crippen LogP contribution >= 0.6 is 0 Å². The summed E-state index contributed by atoms with van der Waals surface area (Å²) in [6.45, 7) is 1.77. The lowest BCUT2D eigenvalue weighted by Gasteiger charge is -2.31. The van der Waals surface area contributed by atoms with Crippen molar-refractivity contribution in [3.05, 3.63) is 0 Å². The highest BCUT2D eigenvalue weighted by molar-refractivity contribution is 5.78. The Morgan fingerprint density at radius 3 is 2.22 bits per heavy atom. The zero-order valence-electron chi connectivity index (χ0n) is 11.7. The molecule has 2 rings (SSSR count). The van der Waals surface area contributed by atoms with Crippen molar-refractivity contribution < 1.29 is 4.79 Å². The third-order valence-corrected chi connectivity index (χ3v) is 4.91. The molecule has 0 aliphatic heterocycles.